The molecule has 2 aromatic rings. The third kappa shape index (κ3) is 2.20. The average molecular weight is 272 g/mol. The third-order valence-electron chi connectivity index (χ3n) is 4.22. The molecule has 1 fully saturated rings. The van der Waals surface area contributed by atoms with Crippen molar-refractivity contribution < 1.29 is 9.90 Å². The first kappa shape index (κ1) is 13.2. The van der Waals surface area contributed by atoms with Crippen molar-refractivity contribution in [1.82, 2.24) is 9.88 Å². The van der Waals surface area contributed by atoms with Crippen LogP contribution in [0.15, 0.2) is 30.3 Å². The fourth-order valence-corrected chi connectivity index (χ4v) is 2.84. The van der Waals surface area contributed by atoms with Crippen molar-refractivity contribution in [2.45, 2.75) is 38.3 Å². The van der Waals surface area contributed by atoms with Crippen LogP contribution in [0.1, 0.15) is 36.7 Å². The van der Waals surface area contributed by atoms with Crippen LogP contribution in [0.5, 0.6) is 0 Å². The summed E-state index contributed by atoms with van der Waals surface area (Å²) < 4.78 is 2.01. The number of rotatable bonds is 4. The van der Waals surface area contributed by atoms with Crippen molar-refractivity contribution in [1.29, 1.82) is 0 Å². The zero-order valence-electron chi connectivity index (χ0n) is 11.7. The summed E-state index contributed by atoms with van der Waals surface area (Å²) in [5, 5.41) is 14.0. The van der Waals surface area contributed by atoms with E-state index >= 15 is 0 Å². The van der Waals surface area contributed by atoms with E-state index in [0.717, 1.165) is 36.7 Å². The zero-order valence-corrected chi connectivity index (χ0v) is 11.7. The second-order valence-electron chi connectivity index (χ2n) is 5.59. The second-order valence-corrected chi connectivity index (χ2v) is 5.59. The normalized spacial score (nSPS) is 16.9. The highest BCUT2D eigenvalue weighted by atomic mass is 16.3. The van der Waals surface area contributed by atoms with Gasteiger partial charge in [0, 0.05) is 24.0 Å². The predicted octanol–water partition coefficient (Wildman–Crippen LogP) is 2.31. The fraction of sp³-hybridized carbons (Fsp3) is 0.438. The topological polar surface area (TPSA) is 54.3 Å². The molecule has 1 aromatic heterocycles. The van der Waals surface area contributed by atoms with E-state index < -0.39 is 5.60 Å². The molecule has 0 saturated heterocycles. The first-order chi connectivity index (χ1) is 9.63. The van der Waals surface area contributed by atoms with Crippen molar-refractivity contribution in [3.8, 4) is 0 Å². The van der Waals surface area contributed by atoms with Gasteiger partial charge in [-0.25, -0.2) is 0 Å². The molecule has 0 aliphatic heterocycles. The maximum atomic E-state index is 12.3. The summed E-state index contributed by atoms with van der Waals surface area (Å²) in [6.45, 7) is 3.13. The minimum absolute atomic E-state index is 0.108. The van der Waals surface area contributed by atoms with Crippen molar-refractivity contribution in [2.75, 3.05) is 6.54 Å². The van der Waals surface area contributed by atoms with Gasteiger partial charge in [0.1, 0.15) is 5.69 Å². The molecule has 4 nitrogen and oxygen atoms in total. The van der Waals surface area contributed by atoms with E-state index in [1.54, 1.807) is 0 Å². The summed E-state index contributed by atoms with van der Waals surface area (Å²) in [4.78, 5) is 12.3. The van der Waals surface area contributed by atoms with Crippen molar-refractivity contribution in [3.05, 3.63) is 36.0 Å². The number of nitrogens with zero attached hydrogens (tertiary/aromatic N) is 1. The molecule has 0 unspecified atom stereocenters. The van der Waals surface area contributed by atoms with E-state index in [1.807, 2.05) is 41.8 Å². The molecule has 20 heavy (non-hydrogen) atoms. The number of benzene rings is 1. The fourth-order valence-electron chi connectivity index (χ4n) is 2.84. The van der Waals surface area contributed by atoms with Crippen LogP contribution in [-0.4, -0.2) is 27.7 Å². The van der Waals surface area contributed by atoms with Gasteiger partial charge in [-0.1, -0.05) is 18.2 Å². The Morgan fingerprint density at radius 2 is 2.15 bits per heavy atom. The van der Waals surface area contributed by atoms with E-state index in [0.29, 0.717) is 12.2 Å². The number of aliphatic hydroxyl groups is 1. The number of aromatic nitrogens is 1. The summed E-state index contributed by atoms with van der Waals surface area (Å²) in [5.41, 5.74) is 1.05. The summed E-state index contributed by atoms with van der Waals surface area (Å²) >= 11 is 0. The summed E-state index contributed by atoms with van der Waals surface area (Å²) in [6, 6.07) is 9.90. The zero-order chi connectivity index (χ0) is 14.2. The Balaban J connectivity index is 1.83. The average Bonchev–Trinajstić information content (AvgIpc) is 2.81. The van der Waals surface area contributed by atoms with Crippen LogP contribution in [0.4, 0.5) is 0 Å². The highest BCUT2D eigenvalue weighted by molar-refractivity contribution is 5.98. The number of carbonyl (C=O) groups is 1. The van der Waals surface area contributed by atoms with E-state index in [2.05, 4.69) is 5.32 Å². The van der Waals surface area contributed by atoms with Crippen LogP contribution >= 0.6 is 0 Å². The Morgan fingerprint density at radius 3 is 2.80 bits per heavy atom. The number of amides is 1. The Labute approximate surface area is 118 Å². The van der Waals surface area contributed by atoms with Crippen molar-refractivity contribution in [3.63, 3.8) is 0 Å². The predicted molar refractivity (Wildman–Crippen MR) is 78.7 cm³/mol. The molecule has 0 atom stereocenters. The molecular weight excluding hydrogens is 252 g/mol. The first-order valence-electron chi connectivity index (χ1n) is 7.22. The summed E-state index contributed by atoms with van der Waals surface area (Å²) in [5.74, 6) is -0.108. The lowest BCUT2D eigenvalue weighted by Gasteiger charge is -2.36. The van der Waals surface area contributed by atoms with Crippen LogP contribution < -0.4 is 5.32 Å². The molecule has 1 aromatic carbocycles. The molecular formula is C16H20N2O2. The Bertz CT molecular complexity index is 641. The van der Waals surface area contributed by atoms with Gasteiger partial charge in [-0.3, -0.25) is 4.79 Å². The van der Waals surface area contributed by atoms with Gasteiger partial charge >= 0.3 is 0 Å². The van der Waals surface area contributed by atoms with Gasteiger partial charge in [-0.15, -0.1) is 0 Å². The van der Waals surface area contributed by atoms with E-state index in [9.17, 15) is 9.90 Å². The molecule has 2 N–H and O–H groups in total. The largest absolute Gasteiger partial charge is 0.388 e. The standard InChI is InChI=1S/C16H20N2O2/c1-2-18-13-7-4-3-6-12(13)10-14(18)15(19)17-11-16(20)8-5-9-16/h3-4,6-7,10,20H,2,5,8-9,11H2,1H3,(H,17,19). The quantitative estimate of drug-likeness (QED) is 0.897. The maximum Gasteiger partial charge on any atom is 0.268 e. The van der Waals surface area contributed by atoms with E-state index in [4.69, 9.17) is 0 Å². The number of hydrogen-bond donors (Lipinski definition) is 2. The lowest BCUT2D eigenvalue weighted by Crippen LogP contribution is -2.48. The highest BCUT2D eigenvalue weighted by Gasteiger charge is 2.34. The lowest BCUT2D eigenvalue weighted by molar-refractivity contribution is -0.0301. The Hall–Kier alpha value is -1.81. The SMILES string of the molecule is CCn1c(C(=O)NCC2(O)CCC2)cc2ccccc21. The Morgan fingerprint density at radius 1 is 1.40 bits per heavy atom. The molecule has 1 amide bonds. The van der Waals surface area contributed by atoms with Gasteiger partial charge in [0.15, 0.2) is 0 Å². The van der Waals surface area contributed by atoms with Gasteiger partial charge in [-0.05, 0) is 38.3 Å². The van der Waals surface area contributed by atoms with Gasteiger partial charge in [0.25, 0.3) is 5.91 Å². The van der Waals surface area contributed by atoms with Crippen LogP contribution in [0.2, 0.25) is 0 Å². The molecule has 1 heterocycles. The van der Waals surface area contributed by atoms with Crippen LogP contribution in [0.25, 0.3) is 10.9 Å². The first-order valence-corrected chi connectivity index (χ1v) is 7.22. The van der Waals surface area contributed by atoms with E-state index in [1.165, 1.54) is 0 Å². The molecule has 1 aliphatic rings. The van der Waals surface area contributed by atoms with Crippen molar-refractivity contribution >= 4 is 16.8 Å². The Kier molecular flexibility index (Phi) is 3.26. The summed E-state index contributed by atoms with van der Waals surface area (Å²) in [7, 11) is 0. The molecule has 0 radical (unpaired) electrons. The van der Waals surface area contributed by atoms with Crippen molar-refractivity contribution in [2.24, 2.45) is 0 Å². The number of nitrogens with one attached hydrogen (secondary N) is 1. The van der Waals surface area contributed by atoms with Gasteiger partial charge < -0.3 is 15.0 Å². The lowest BCUT2D eigenvalue weighted by atomic mass is 9.80. The monoisotopic (exact) mass is 272 g/mol. The molecule has 1 saturated carbocycles. The number of carbonyl (C=O) groups excluding carboxylic acids is 1. The third-order valence-corrected chi connectivity index (χ3v) is 4.22. The van der Waals surface area contributed by atoms with E-state index in [-0.39, 0.29) is 5.91 Å². The molecule has 3 rings (SSSR count). The minimum Gasteiger partial charge on any atom is -0.388 e. The second kappa shape index (κ2) is 4.94. The minimum atomic E-state index is -0.682. The molecule has 1 aliphatic carbocycles. The number of para-hydroxylation sites is 1. The van der Waals surface area contributed by atoms with Crippen LogP contribution in [0, 0.1) is 0 Å². The van der Waals surface area contributed by atoms with Crippen LogP contribution in [0.3, 0.4) is 0 Å². The smallest absolute Gasteiger partial charge is 0.268 e. The number of aryl methyl sites for hydroxylation is 1. The summed E-state index contributed by atoms with van der Waals surface area (Å²) in [6.07, 6.45) is 2.61. The molecule has 4 heteroatoms. The van der Waals surface area contributed by atoms with Gasteiger partial charge in [0.2, 0.25) is 0 Å². The van der Waals surface area contributed by atoms with Gasteiger partial charge in [0.05, 0.1) is 5.60 Å². The maximum absolute atomic E-state index is 12.3. The van der Waals surface area contributed by atoms with Gasteiger partial charge in [-0.2, -0.15) is 0 Å². The van der Waals surface area contributed by atoms with Crippen LogP contribution in [-0.2, 0) is 6.54 Å². The molecule has 106 valence electrons. The molecule has 0 spiro atoms. The number of hydrogen-bond acceptors (Lipinski definition) is 2. The highest BCUT2D eigenvalue weighted by Crippen LogP contribution is 2.30. The number of fused-ring (bicyclic) bond motifs is 1. The molecule has 0 bridgehead atoms.